The predicted octanol–water partition coefficient (Wildman–Crippen LogP) is 4.13. The minimum absolute atomic E-state index is 0.0453. The van der Waals surface area contributed by atoms with Crippen molar-refractivity contribution in [3.05, 3.63) is 69.3 Å². The number of imide groups is 1. The Hall–Kier alpha value is -3.48. The third-order valence-electron chi connectivity index (χ3n) is 5.14. The summed E-state index contributed by atoms with van der Waals surface area (Å²) < 4.78 is 41.3. The summed E-state index contributed by atoms with van der Waals surface area (Å²) in [6.07, 6.45) is -0.144. The Kier molecular flexibility index (Phi) is 6.54. The van der Waals surface area contributed by atoms with Gasteiger partial charge in [0, 0.05) is 23.2 Å². The van der Waals surface area contributed by atoms with Gasteiger partial charge in [-0.1, -0.05) is 11.6 Å². The molecule has 35 heavy (non-hydrogen) atoms. The van der Waals surface area contributed by atoms with Crippen molar-refractivity contribution in [2.24, 2.45) is 0 Å². The van der Waals surface area contributed by atoms with Crippen molar-refractivity contribution in [3.8, 4) is 0 Å². The first-order valence-corrected chi connectivity index (χ1v) is 12.7. The van der Waals surface area contributed by atoms with Gasteiger partial charge in [0.15, 0.2) is 0 Å². The summed E-state index contributed by atoms with van der Waals surface area (Å²) in [4.78, 5) is 39.3. The van der Waals surface area contributed by atoms with Crippen molar-refractivity contribution >= 4 is 67.9 Å². The molecule has 0 atom stereocenters. The van der Waals surface area contributed by atoms with Crippen molar-refractivity contribution in [2.45, 2.75) is 17.6 Å². The van der Waals surface area contributed by atoms with E-state index in [9.17, 15) is 27.2 Å². The van der Waals surface area contributed by atoms with Gasteiger partial charge in [-0.05, 0) is 55.0 Å². The molecule has 3 N–H and O–H groups in total. The standard InChI is InChI=1S/C22H18ClFN4O5S2/c1-11-3-6-20(34-11)35(32,33)27-22(31)26-13-4-5-18(16(24)9-13)28-19(29)8-12-7-17(25-2)15(23)10-14(12)21(28)30/h3-7,9-10,25H,8H2,1-2H3,(H2,26,27,31). The number of anilines is 3. The van der Waals surface area contributed by atoms with Crippen LogP contribution in [0, 0.1) is 12.7 Å². The predicted molar refractivity (Wildman–Crippen MR) is 131 cm³/mol. The maximum absolute atomic E-state index is 14.9. The molecule has 2 aromatic carbocycles. The number of hydrogen-bond acceptors (Lipinski definition) is 7. The van der Waals surface area contributed by atoms with Crippen molar-refractivity contribution in [3.63, 3.8) is 0 Å². The fourth-order valence-corrected chi connectivity index (χ4v) is 5.97. The highest BCUT2D eigenvalue weighted by Gasteiger charge is 2.34. The molecule has 0 unspecified atom stereocenters. The zero-order valence-electron chi connectivity index (χ0n) is 18.3. The molecule has 2 heterocycles. The fraction of sp³-hybridized carbons (Fsp3) is 0.136. The number of fused-ring (bicyclic) bond motifs is 1. The summed E-state index contributed by atoms with van der Waals surface area (Å²) in [5, 5.41) is 5.37. The Balaban J connectivity index is 1.54. The molecular weight excluding hydrogens is 519 g/mol. The highest BCUT2D eigenvalue weighted by atomic mass is 35.5. The van der Waals surface area contributed by atoms with Gasteiger partial charge < -0.3 is 10.6 Å². The molecule has 0 fully saturated rings. The third kappa shape index (κ3) is 4.85. The van der Waals surface area contributed by atoms with Crippen LogP contribution in [0.2, 0.25) is 5.02 Å². The smallest absolute Gasteiger partial charge is 0.333 e. The molecule has 1 aromatic heterocycles. The number of aryl methyl sites for hydroxylation is 1. The monoisotopic (exact) mass is 536 g/mol. The Labute approximate surface area is 208 Å². The van der Waals surface area contributed by atoms with Gasteiger partial charge in [0.05, 0.1) is 22.8 Å². The lowest BCUT2D eigenvalue weighted by molar-refractivity contribution is -0.117. The van der Waals surface area contributed by atoms with E-state index >= 15 is 0 Å². The zero-order valence-corrected chi connectivity index (χ0v) is 20.7. The first-order valence-electron chi connectivity index (χ1n) is 10.1. The molecule has 0 aliphatic carbocycles. The number of urea groups is 1. The molecule has 0 saturated heterocycles. The summed E-state index contributed by atoms with van der Waals surface area (Å²) in [5.41, 5.74) is 0.786. The normalized spacial score (nSPS) is 13.4. The molecule has 1 aliphatic rings. The number of rotatable bonds is 5. The molecule has 182 valence electrons. The van der Waals surface area contributed by atoms with Crippen LogP contribution in [0.4, 0.5) is 26.2 Å². The molecule has 3 aromatic rings. The minimum Gasteiger partial charge on any atom is -0.387 e. The van der Waals surface area contributed by atoms with Gasteiger partial charge in [-0.25, -0.2) is 27.2 Å². The number of nitrogens with zero attached hydrogens (tertiary/aromatic N) is 1. The van der Waals surface area contributed by atoms with Gasteiger partial charge in [-0.2, -0.15) is 0 Å². The molecule has 4 rings (SSSR count). The number of thiophene rings is 1. The Morgan fingerprint density at radius 1 is 1.14 bits per heavy atom. The van der Waals surface area contributed by atoms with Gasteiger partial charge in [0.2, 0.25) is 5.91 Å². The maximum Gasteiger partial charge on any atom is 0.333 e. The summed E-state index contributed by atoms with van der Waals surface area (Å²) >= 11 is 7.15. The van der Waals surface area contributed by atoms with Crippen LogP contribution in [0.5, 0.6) is 0 Å². The van der Waals surface area contributed by atoms with E-state index in [1.54, 1.807) is 26.1 Å². The van der Waals surface area contributed by atoms with Gasteiger partial charge in [-0.15, -0.1) is 11.3 Å². The number of hydrogen-bond donors (Lipinski definition) is 3. The van der Waals surface area contributed by atoms with Crippen LogP contribution in [0.1, 0.15) is 20.8 Å². The lowest BCUT2D eigenvalue weighted by Gasteiger charge is -2.28. The molecular formula is C22H18ClFN4O5S2. The van der Waals surface area contributed by atoms with Crippen LogP contribution in [-0.4, -0.2) is 33.3 Å². The zero-order chi connectivity index (χ0) is 25.5. The van der Waals surface area contributed by atoms with E-state index in [0.717, 1.165) is 28.3 Å². The van der Waals surface area contributed by atoms with Crippen LogP contribution >= 0.6 is 22.9 Å². The average Bonchev–Trinajstić information content (AvgIpc) is 3.22. The summed E-state index contributed by atoms with van der Waals surface area (Å²) in [6.45, 7) is 1.72. The van der Waals surface area contributed by atoms with Gasteiger partial charge >= 0.3 is 6.03 Å². The molecule has 0 radical (unpaired) electrons. The first-order chi connectivity index (χ1) is 16.5. The molecule has 0 bridgehead atoms. The highest BCUT2D eigenvalue weighted by molar-refractivity contribution is 7.92. The Morgan fingerprint density at radius 2 is 1.89 bits per heavy atom. The minimum atomic E-state index is -4.10. The quantitative estimate of drug-likeness (QED) is 0.421. The number of sulfonamides is 1. The van der Waals surface area contributed by atoms with Gasteiger partial charge in [-0.3, -0.25) is 9.59 Å². The van der Waals surface area contributed by atoms with Crippen molar-refractivity contribution in [1.29, 1.82) is 0 Å². The summed E-state index contributed by atoms with van der Waals surface area (Å²) in [7, 11) is -2.45. The highest BCUT2D eigenvalue weighted by Crippen LogP contribution is 2.33. The van der Waals surface area contributed by atoms with E-state index in [-0.39, 0.29) is 32.6 Å². The summed E-state index contributed by atoms with van der Waals surface area (Å²) in [5.74, 6) is -2.35. The van der Waals surface area contributed by atoms with E-state index in [0.29, 0.717) is 16.2 Å². The molecule has 4 amide bonds. The number of benzene rings is 2. The topological polar surface area (TPSA) is 125 Å². The molecule has 0 saturated carbocycles. The van der Waals surface area contributed by atoms with Crippen LogP contribution < -0.4 is 20.3 Å². The Morgan fingerprint density at radius 3 is 2.51 bits per heavy atom. The lowest BCUT2D eigenvalue weighted by atomic mass is 9.97. The largest absolute Gasteiger partial charge is 0.387 e. The Bertz CT molecular complexity index is 1490. The van der Waals surface area contributed by atoms with Crippen molar-refractivity contribution in [2.75, 3.05) is 22.6 Å². The second kappa shape index (κ2) is 9.29. The second-order valence-corrected chi connectivity index (χ2v) is 11.1. The van der Waals surface area contributed by atoms with Crippen molar-refractivity contribution in [1.82, 2.24) is 4.72 Å². The fourth-order valence-electron chi connectivity index (χ4n) is 3.53. The van der Waals surface area contributed by atoms with E-state index in [1.807, 2.05) is 4.72 Å². The average molecular weight is 537 g/mol. The number of halogens is 2. The second-order valence-electron chi connectivity index (χ2n) is 7.54. The van der Waals surface area contributed by atoms with Gasteiger partial charge in [0.1, 0.15) is 10.0 Å². The van der Waals surface area contributed by atoms with Crippen LogP contribution in [-0.2, 0) is 21.2 Å². The lowest BCUT2D eigenvalue weighted by Crippen LogP contribution is -2.43. The summed E-state index contributed by atoms with van der Waals surface area (Å²) in [6, 6.07) is 8.14. The van der Waals surface area contributed by atoms with Crippen LogP contribution in [0.15, 0.2) is 46.7 Å². The van der Waals surface area contributed by atoms with Crippen molar-refractivity contribution < 1.29 is 27.2 Å². The van der Waals surface area contributed by atoms with E-state index in [2.05, 4.69) is 10.6 Å². The molecule has 9 nitrogen and oxygen atoms in total. The first kappa shape index (κ1) is 24.6. The van der Waals surface area contributed by atoms with Gasteiger partial charge in [0.25, 0.3) is 15.9 Å². The molecule has 0 spiro atoms. The van der Waals surface area contributed by atoms with E-state index in [4.69, 9.17) is 11.6 Å². The number of nitrogens with one attached hydrogen (secondary N) is 3. The number of carbonyl (C=O) groups is 3. The number of amides is 4. The SMILES string of the molecule is CNc1cc2c(cc1Cl)C(=O)N(c1ccc(NC(=O)NS(=O)(=O)c3ccc(C)s3)cc1F)C(=O)C2. The molecule has 13 heteroatoms. The molecule has 1 aliphatic heterocycles. The van der Waals surface area contributed by atoms with E-state index < -0.39 is 33.7 Å². The van der Waals surface area contributed by atoms with Crippen LogP contribution in [0.3, 0.4) is 0 Å². The maximum atomic E-state index is 14.9. The van der Waals surface area contributed by atoms with E-state index in [1.165, 1.54) is 18.2 Å². The van der Waals surface area contributed by atoms with Crippen LogP contribution in [0.25, 0.3) is 0 Å². The third-order valence-corrected chi connectivity index (χ3v) is 8.28. The number of carbonyl (C=O) groups excluding carboxylic acids is 3.